The summed E-state index contributed by atoms with van der Waals surface area (Å²) in [6.07, 6.45) is 0. The number of hydrogen-bond acceptors (Lipinski definition) is 11. The number of rotatable bonds is 10. The van der Waals surface area contributed by atoms with E-state index >= 15 is 0 Å². The van der Waals surface area contributed by atoms with E-state index in [0.717, 1.165) is 24.3 Å². The highest BCUT2D eigenvalue weighted by Gasteiger charge is 2.25. The highest BCUT2D eigenvalue weighted by atomic mass is 32.2. The first kappa shape index (κ1) is 26.2. The summed E-state index contributed by atoms with van der Waals surface area (Å²) in [7, 11) is -10.0. The molecule has 2 aromatic carbocycles. The Balaban J connectivity index is 2.53. The van der Waals surface area contributed by atoms with E-state index in [2.05, 4.69) is 9.47 Å². The highest BCUT2D eigenvalue weighted by molar-refractivity contribution is 7.86. The predicted octanol–water partition coefficient (Wildman–Crippen LogP) is 0.270. The van der Waals surface area contributed by atoms with Crippen LogP contribution in [-0.2, 0) is 29.7 Å². The molecule has 0 aliphatic carbocycles. The van der Waals surface area contributed by atoms with Gasteiger partial charge in [-0.25, -0.2) is 9.59 Å². The zero-order valence-electron chi connectivity index (χ0n) is 16.6. The van der Waals surface area contributed by atoms with Gasteiger partial charge in [-0.05, 0) is 36.4 Å². The van der Waals surface area contributed by atoms with E-state index in [0.29, 0.717) is 12.1 Å². The van der Waals surface area contributed by atoms with Crippen LogP contribution in [0, 0.1) is 0 Å². The standard InChI is InChI=1S/C18H18O13S2/c19-5-7-29-17(21)11-1-3-13(15(9-11)32(23,24)25)31-14-4-2-12(18(22)30-8-6-20)10-16(14)33(26,27)28/h1-4,9-10,19-20H,5-8H2,(H,23,24,25)(H,26,27,28). The summed E-state index contributed by atoms with van der Waals surface area (Å²) >= 11 is 0. The lowest BCUT2D eigenvalue weighted by Gasteiger charge is -2.14. The van der Waals surface area contributed by atoms with Gasteiger partial charge in [-0.1, -0.05) is 0 Å². The van der Waals surface area contributed by atoms with Gasteiger partial charge in [0.1, 0.15) is 34.5 Å². The van der Waals surface area contributed by atoms with Crippen LogP contribution in [0.15, 0.2) is 46.2 Å². The third kappa shape index (κ3) is 6.95. The third-order valence-corrected chi connectivity index (χ3v) is 5.53. The van der Waals surface area contributed by atoms with E-state index in [9.17, 15) is 35.5 Å². The van der Waals surface area contributed by atoms with Crippen LogP contribution < -0.4 is 4.74 Å². The quantitative estimate of drug-likeness (QED) is 0.252. The van der Waals surface area contributed by atoms with Crippen molar-refractivity contribution in [3.63, 3.8) is 0 Å². The zero-order valence-corrected chi connectivity index (χ0v) is 18.2. The highest BCUT2D eigenvalue weighted by Crippen LogP contribution is 2.34. The van der Waals surface area contributed by atoms with E-state index in [1.807, 2.05) is 0 Å². The molecule has 0 saturated heterocycles. The average Bonchev–Trinajstić information content (AvgIpc) is 2.74. The van der Waals surface area contributed by atoms with Crippen molar-refractivity contribution < 1.29 is 60.0 Å². The maximum Gasteiger partial charge on any atom is 0.338 e. The number of hydrogen-bond donors (Lipinski definition) is 4. The molecule has 0 fully saturated rings. The van der Waals surface area contributed by atoms with E-state index in [1.165, 1.54) is 0 Å². The smallest absolute Gasteiger partial charge is 0.338 e. The normalized spacial score (nSPS) is 11.6. The summed E-state index contributed by atoms with van der Waals surface area (Å²) in [4.78, 5) is 21.9. The second-order valence-electron chi connectivity index (χ2n) is 6.09. The minimum atomic E-state index is -5.00. The van der Waals surface area contributed by atoms with Gasteiger partial charge in [0.05, 0.1) is 24.3 Å². The van der Waals surface area contributed by atoms with E-state index in [4.69, 9.17) is 14.9 Å². The number of aliphatic hydroxyl groups is 2. The van der Waals surface area contributed by atoms with Gasteiger partial charge < -0.3 is 24.4 Å². The number of aliphatic hydroxyl groups excluding tert-OH is 2. The average molecular weight is 506 g/mol. The topological polar surface area (TPSA) is 211 Å². The second-order valence-corrected chi connectivity index (χ2v) is 8.87. The molecule has 2 aromatic rings. The van der Waals surface area contributed by atoms with Crippen molar-refractivity contribution in [2.24, 2.45) is 0 Å². The lowest BCUT2D eigenvalue weighted by molar-refractivity contribution is 0.0426. The summed E-state index contributed by atoms with van der Waals surface area (Å²) in [6.45, 7) is -1.72. The van der Waals surface area contributed by atoms with Crippen molar-refractivity contribution in [3.8, 4) is 11.5 Å². The fraction of sp³-hybridized carbons (Fsp3) is 0.222. The van der Waals surface area contributed by atoms with Crippen LogP contribution in [0.3, 0.4) is 0 Å². The molecule has 0 spiro atoms. The molecule has 0 aliphatic rings. The molecule has 0 bridgehead atoms. The van der Waals surface area contributed by atoms with Gasteiger partial charge in [-0.3, -0.25) is 9.11 Å². The molecule has 0 unspecified atom stereocenters. The van der Waals surface area contributed by atoms with E-state index in [-0.39, 0.29) is 24.3 Å². The van der Waals surface area contributed by atoms with Gasteiger partial charge in [0, 0.05) is 0 Å². The number of esters is 2. The minimum absolute atomic E-state index is 0.333. The Morgan fingerprint density at radius 2 is 1.06 bits per heavy atom. The first-order chi connectivity index (χ1) is 15.4. The number of ether oxygens (including phenoxy) is 3. The molecule has 4 N–H and O–H groups in total. The van der Waals surface area contributed by atoms with Crippen LogP contribution in [-0.4, -0.2) is 74.5 Å². The Morgan fingerprint density at radius 1 is 0.697 bits per heavy atom. The van der Waals surface area contributed by atoms with Crippen molar-refractivity contribution in [2.75, 3.05) is 26.4 Å². The molecule has 0 amide bonds. The number of carbonyl (C=O) groups is 2. The first-order valence-corrected chi connectivity index (χ1v) is 11.7. The molecule has 33 heavy (non-hydrogen) atoms. The van der Waals surface area contributed by atoms with Gasteiger partial charge >= 0.3 is 11.9 Å². The largest absolute Gasteiger partial charge is 0.460 e. The molecule has 2 rings (SSSR count). The van der Waals surface area contributed by atoms with Crippen LogP contribution >= 0.6 is 0 Å². The van der Waals surface area contributed by atoms with E-state index < -0.39 is 66.7 Å². The summed E-state index contributed by atoms with van der Waals surface area (Å²) in [6, 6.07) is 5.29. The van der Waals surface area contributed by atoms with Gasteiger partial charge in [-0.15, -0.1) is 0 Å². The minimum Gasteiger partial charge on any atom is -0.460 e. The molecule has 0 radical (unpaired) electrons. The lowest BCUT2D eigenvalue weighted by Crippen LogP contribution is -2.12. The maximum atomic E-state index is 11.9. The lowest BCUT2D eigenvalue weighted by atomic mass is 10.2. The Labute approximate surface area is 187 Å². The van der Waals surface area contributed by atoms with Crippen LogP contribution in [0.4, 0.5) is 0 Å². The summed E-state index contributed by atoms with van der Waals surface area (Å²) in [5.74, 6) is -3.30. The molecule has 15 heteroatoms. The Kier molecular flexibility index (Phi) is 8.48. The van der Waals surface area contributed by atoms with Crippen molar-refractivity contribution in [1.82, 2.24) is 0 Å². The molecule has 180 valence electrons. The predicted molar refractivity (Wildman–Crippen MR) is 107 cm³/mol. The fourth-order valence-electron chi connectivity index (χ4n) is 2.40. The van der Waals surface area contributed by atoms with Crippen LogP contribution in [0.2, 0.25) is 0 Å². The summed E-state index contributed by atoms with van der Waals surface area (Å²) in [5, 5.41) is 17.4. The zero-order chi connectivity index (χ0) is 24.8. The van der Waals surface area contributed by atoms with Crippen molar-refractivity contribution in [2.45, 2.75) is 9.79 Å². The maximum absolute atomic E-state index is 11.9. The fourth-order valence-corrected chi connectivity index (χ4v) is 3.68. The first-order valence-electron chi connectivity index (χ1n) is 8.85. The molecular weight excluding hydrogens is 488 g/mol. The molecular formula is C18H18O13S2. The Bertz CT molecular complexity index is 1150. The number of carbonyl (C=O) groups excluding carboxylic acids is 2. The van der Waals surface area contributed by atoms with Crippen LogP contribution in [0.25, 0.3) is 0 Å². The Morgan fingerprint density at radius 3 is 1.36 bits per heavy atom. The van der Waals surface area contributed by atoms with E-state index in [1.54, 1.807) is 0 Å². The summed E-state index contributed by atoms with van der Waals surface area (Å²) < 4.78 is 80.8. The van der Waals surface area contributed by atoms with Crippen molar-refractivity contribution in [3.05, 3.63) is 47.5 Å². The number of benzene rings is 2. The van der Waals surface area contributed by atoms with Crippen molar-refractivity contribution in [1.29, 1.82) is 0 Å². The second kappa shape index (κ2) is 10.7. The Hall–Kier alpha value is -3.08. The van der Waals surface area contributed by atoms with Gasteiger partial charge in [0.15, 0.2) is 0 Å². The molecule has 0 saturated carbocycles. The molecule has 0 aromatic heterocycles. The van der Waals surface area contributed by atoms with Gasteiger partial charge in [0.25, 0.3) is 20.2 Å². The van der Waals surface area contributed by atoms with Crippen LogP contribution in [0.5, 0.6) is 11.5 Å². The molecule has 0 aliphatic heterocycles. The molecule has 13 nitrogen and oxygen atoms in total. The SMILES string of the molecule is O=C(OCCO)c1ccc(Oc2ccc(C(=O)OCCO)cc2S(=O)(=O)O)c(S(=O)(=O)O)c1. The van der Waals surface area contributed by atoms with Crippen LogP contribution in [0.1, 0.15) is 20.7 Å². The summed E-state index contributed by atoms with van der Waals surface area (Å²) in [5.41, 5.74) is -0.666. The molecule has 0 atom stereocenters. The van der Waals surface area contributed by atoms with Gasteiger partial charge in [0.2, 0.25) is 0 Å². The monoisotopic (exact) mass is 506 g/mol. The van der Waals surface area contributed by atoms with Gasteiger partial charge in [-0.2, -0.15) is 16.8 Å². The van der Waals surface area contributed by atoms with Crippen molar-refractivity contribution >= 4 is 32.2 Å². The molecule has 0 heterocycles. The third-order valence-electron chi connectivity index (χ3n) is 3.78.